The smallest absolute Gasteiger partial charge is 0.326 e. The van der Waals surface area contributed by atoms with E-state index in [-0.39, 0.29) is 12.2 Å². The maximum Gasteiger partial charge on any atom is 0.326 e. The van der Waals surface area contributed by atoms with Gasteiger partial charge in [-0.05, 0) is 24.1 Å². The molecule has 1 atom stereocenters. The summed E-state index contributed by atoms with van der Waals surface area (Å²) in [4.78, 5) is 22.8. The summed E-state index contributed by atoms with van der Waals surface area (Å²) in [6, 6.07) is 4.57. The first-order valence-corrected chi connectivity index (χ1v) is 6.51. The van der Waals surface area contributed by atoms with E-state index in [4.69, 9.17) is 11.5 Å². The molecule has 21 heavy (non-hydrogen) atoms. The van der Waals surface area contributed by atoms with Crippen LogP contribution in [0.15, 0.2) is 24.3 Å². The second-order valence-corrected chi connectivity index (χ2v) is 4.47. The summed E-state index contributed by atoms with van der Waals surface area (Å²) in [5, 5.41) is 23.2. The van der Waals surface area contributed by atoms with Crippen LogP contribution >= 0.6 is 0 Å². The minimum Gasteiger partial charge on any atom is -0.508 e. The number of unbranched alkanes of at least 4 members (excludes halogenated alkanes) is 1. The summed E-state index contributed by atoms with van der Waals surface area (Å²) in [7, 11) is 0. The molecule has 6 nitrogen and oxygen atoms in total. The molecule has 0 radical (unpaired) electrons. The van der Waals surface area contributed by atoms with Crippen LogP contribution < -0.4 is 10.6 Å². The average Bonchev–Trinajstić information content (AvgIpc) is 2.45. The average molecular weight is 290 g/mol. The van der Waals surface area contributed by atoms with Gasteiger partial charge >= 0.3 is 12.0 Å². The Labute approximate surface area is 123 Å². The summed E-state index contributed by atoms with van der Waals surface area (Å²) in [5.74, 6) is 1.43. The van der Waals surface area contributed by atoms with Crippen molar-refractivity contribution < 1.29 is 19.8 Å². The van der Waals surface area contributed by atoms with Crippen molar-refractivity contribution in [2.24, 2.45) is 0 Å². The molecule has 6 heteroatoms. The Bertz CT molecular complexity index is 519. The number of carboxylic acids is 1. The van der Waals surface area contributed by atoms with E-state index in [1.54, 1.807) is 12.1 Å². The lowest BCUT2D eigenvalue weighted by molar-refractivity contribution is -0.139. The number of amides is 2. The number of carboxylic acid groups (broad SMARTS) is 1. The number of hydrogen-bond donors (Lipinski definition) is 4. The predicted molar refractivity (Wildman–Crippen MR) is 77.8 cm³/mol. The molecule has 0 bridgehead atoms. The van der Waals surface area contributed by atoms with Crippen molar-refractivity contribution in [1.82, 2.24) is 10.6 Å². The minimum absolute atomic E-state index is 0.102. The summed E-state index contributed by atoms with van der Waals surface area (Å²) in [5.41, 5.74) is 0.702. The molecule has 0 heterocycles. The molecule has 112 valence electrons. The molecule has 0 aliphatic heterocycles. The second-order valence-electron chi connectivity index (χ2n) is 4.47. The lowest BCUT2D eigenvalue weighted by atomic mass is 10.1. The fourth-order valence-corrected chi connectivity index (χ4v) is 1.67. The highest BCUT2D eigenvalue weighted by molar-refractivity contribution is 5.82. The predicted octanol–water partition coefficient (Wildman–Crippen LogP) is 1.10. The topological polar surface area (TPSA) is 98.7 Å². The van der Waals surface area contributed by atoms with Crippen molar-refractivity contribution in [2.75, 3.05) is 6.54 Å². The monoisotopic (exact) mass is 290 g/mol. The van der Waals surface area contributed by atoms with E-state index >= 15 is 0 Å². The van der Waals surface area contributed by atoms with E-state index in [1.807, 2.05) is 0 Å². The fraction of sp³-hybridized carbons (Fsp3) is 0.333. The van der Waals surface area contributed by atoms with Gasteiger partial charge < -0.3 is 20.8 Å². The van der Waals surface area contributed by atoms with Crippen LogP contribution in [0, 0.1) is 12.3 Å². The molecule has 0 spiro atoms. The Morgan fingerprint density at radius 3 is 2.52 bits per heavy atom. The standard InChI is InChI=1S/C15H18N2O4/c1-2-3-4-9-16-15(21)17-13(14(19)20)10-11-5-7-12(18)8-6-11/h1,5-8,13,18H,3-4,9-10H2,(H,19,20)(H2,16,17,21). The van der Waals surface area contributed by atoms with Gasteiger partial charge in [-0.15, -0.1) is 12.3 Å². The van der Waals surface area contributed by atoms with Gasteiger partial charge in [0.15, 0.2) is 0 Å². The number of carbonyl (C=O) groups is 2. The number of benzene rings is 1. The maximum absolute atomic E-state index is 11.6. The number of hydrogen-bond acceptors (Lipinski definition) is 3. The zero-order valence-corrected chi connectivity index (χ0v) is 11.5. The first kappa shape index (κ1) is 16.4. The van der Waals surface area contributed by atoms with Crippen LogP contribution in [0.4, 0.5) is 4.79 Å². The van der Waals surface area contributed by atoms with Gasteiger partial charge in [0, 0.05) is 19.4 Å². The van der Waals surface area contributed by atoms with Gasteiger partial charge in [-0.2, -0.15) is 0 Å². The Morgan fingerprint density at radius 2 is 1.95 bits per heavy atom. The fourth-order valence-electron chi connectivity index (χ4n) is 1.67. The molecule has 1 rings (SSSR count). The first-order chi connectivity index (χ1) is 10.0. The van der Waals surface area contributed by atoms with Gasteiger partial charge in [0.1, 0.15) is 11.8 Å². The van der Waals surface area contributed by atoms with Crippen LogP contribution in [0.1, 0.15) is 18.4 Å². The van der Waals surface area contributed by atoms with Crippen molar-refractivity contribution in [3.63, 3.8) is 0 Å². The molecule has 0 aromatic heterocycles. The van der Waals surface area contributed by atoms with E-state index < -0.39 is 18.0 Å². The quantitative estimate of drug-likeness (QED) is 0.446. The van der Waals surface area contributed by atoms with E-state index in [0.717, 1.165) is 0 Å². The van der Waals surface area contributed by atoms with Gasteiger partial charge in [0.2, 0.25) is 0 Å². The molecular formula is C15H18N2O4. The molecule has 4 N–H and O–H groups in total. The van der Waals surface area contributed by atoms with Crippen LogP contribution in [0.5, 0.6) is 5.75 Å². The molecule has 1 unspecified atom stereocenters. The molecular weight excluding hydrogens is 272 g/mol. The Hall–Kier alpha value is -2.68. The van der Waals surface area contributed by atoms with E-state index in [2.05, 4.69) is 16.6 Å². The van der Waals surface area contributed by atoms with Crippen molar-refractivity contribution in [1.29, 1.82) is 0 Å². The van der Waals surface area contributed by atoms with Crippen molar-refractivity contribution in [3.05, 3.63) is 29.8 Å². The number of phenols is 1. The molecule has 1 aromatic carbocycles. The summed E-state index contributed by atoms with van der Waals surface area (Å²) < 4.78 is 0. The van der Waals surface area contributed by atoms with Crippen molar-refractivity contribution in [2.45, 2.75) is 25.3 Å². The number of rotatable bonds is 7. The molecule has 0 aliphatic rings. The van der Waals surface area contributed by atoms with E-state index in [1.165, 1.54) is 12.1 Å². The number of phenolic OH excluding ortho intramolecular Hbond substituents is 1. The summed E-state index contributed by atoms with van der Waals surface area (Å²) in [6.07, 6.45) is 6.41. The van der Waals surface area contributed by atoms with Gasteiger partial charge in [-0.1, -0.05) is 12.1 Å². The highest BCUT2D eigenvalue weighted by Crippen LogP contribution is 2.11. The number of urea groups is 1. The number of aromatic hydroxyl groups is 1. The van der Waals surface area contributed by atoms with Gasteiger partial charge in [0.05, 0.1) is 0 Å². The Morgan fingerprint density at radius 1 is 1.29 bits per heavy atom. The van der Waals surface area contributed by atoms with Gasteiger partial charge in [-0.25, -0.2) is 9.59 Å². The third kappa shape index (κ3) is 6.34. The lowest BCUT2D eigenvalue weighted by Gasteiger charge is -2.15. The highest BCUT2D eigenvalue weighted by atomic mass is 16.4. The zero-order chi connectivity index (χ0) is 15.7. The van der Waals surface area contributed by atoms with Crippen LogP contribution in [0.2, 0.25) is 0 Å². The largest absolute Gasteiger partial charge is 0.508 e. The van der Waals surface area contributed by atoms with Crippen molar-refractivity contribution in [3.8, 4) is 18.1 Å². The Balaban J connectivity index is 2.50. The highest BCUT2D eigenvalue weighted by Gasteiger charge is 2.20. The number of carbonyl (C=O) groups excluding carboxylic acids is 1. The Kier molecular flexibility index (Phi) is 6.61. The summed E-state index contributed by atoms with van der Waals surface area (Å²) >= 11 is 0. The maximum atomic E-state index is 11.6. The SMILES string of the molecule is C#CCCCNC(=O)NC(Cc1ccc(O)cc1)C(=O)O. The minimum atomic E-state index is -1.12. The number of nitrogens with one attached hydrogen (secondary N) is 2. The third-order valence-corrected chi connectivity index (χ3v) is 2.76. The molecule has 0 saturated carbocycles. The normalized spacial score (nSPS) is 11.2. The lowest BCUT2D eigenvalue weighted by Crippen LogP contribution is -2.47. The number of terminal acetylenes is 1. The van der Waals surface area contributed by atoms with Crippen LogP contribution in [0.25, 0.3) is 0 Å². The molecule has 1 aromatic rings. The second kappa shape index (κ2) is 8.48. The van der Waals surface area contributed by atoms with E-state index in [0.29, 0.717) is 24.9 Å². The van der Waals surface area contributed by atoms with Crippen LogP contribution in [-0.2, 0) is 11.2 Å². The van der Waals surface area contributed by atoms with Crippen LogP contribution in [0.3, 0.4) is 0 Å². The molecule has 2 amide bonds. The van der Waals surface area contributed by atoms with Crippen molar-refractivity contribution >= 4 is 12.0 Å². The molecule has 0 saturated heterocycles. The van der Waals surface area contributed by atoms with Gasteiger partial charge in [-0.3, -0.25) is 0 Å². The molecule has 0 fully saturated rings. The summed E-state index contributed by atoms with van der Waals surface area (Å²) in [6.45, 7) is 0.390. The van der Waals surface area contributed by atoms with E-state index in [9.17, 15) is 14.7 Å². The zero-order valence-electron chi connectivity index (χ0n) is 11.5. The first-order valence-electron chi connectivity index (χ1n) is 6.51. The van der Waals surface area contributed by atoms with Crippen LogP contribution in [-0.4, -0.2) is 34.8 Å². The molecule has 0 aliphatic carbocycles. The number of aliphatic carboxylic acids is 1. The van der Waals surface area contributed by atoms with Gasteiger partial charge in [0.25, 0.3) is 0 Å². The third-order valence-electron chi connectivity index (χ3n) is 2.76.